The Hall–Kier alpha value is -3.74. The zero-order valence-electron chi connectivity index (χ0n) is 17.8. The molecular weight excluding hydrogens is 390 g/mol. The van der Waals surface area contributed by atoms with Crippen LogP contribution in [0.4, 0.5) is 0 Å². The molecule has 0 aliphatic heterocycles. The van der Waals surface area contributed by atoms with Gasteiger partial charge in [0.05, 0.1) is 24.7 Å². The Kier molecular flexibility index (Phi) is 4.66. The topological polar surface area (TPSA) is 74.8 Å². The fourth-order valence-corrected chi connectivity index (χ4v) is 4.14. The number of aryl methyl sites for hydroxylation is 1. The summed E-state index contributed by atoms with van der Waals surface area (Å²) < 4.78 is 9.26. The molecule has 2 aromatic carbocycles. The van der Waals surface area contributed by atoms with E-state index in [1.165, 1.54) is 0 Å². The smallest absolute Gasteiger partial charge is 0.265 e. The molecule has 0 fully saturated rings. The number of hydrogen-bond acceptors (Lipinski definition) is 5. The van der Waals surface area contributed by atoms with Crippen molar-refractivity contribution in [2.24, 2.45) is 0 Å². The van der Waals surface area contributed by atoms with Crippen LogP contribution in [0.1, 0.15) is 24.7 Å². The zero-order valence-corrected chi connectivity index (χ0v) is 17.8. The van der Waals surface area contributed by atoms with E-state index >= 15 is 0 Å². The first kappa shape index (κ1) is 19.2. The Balaban J connectivity index is 1.89. The van der Waals surface area contributed by atoms with Crippen molar-refractivity contribution in [3.63, 3.8) is 0 Å². The Morgan fingerprint density at radius 3 is 2.35 bits per heavy atom. The number of para-hydroxylation sites is 3. The van der Waals surface area contributed by atoms with Crippen molar-refractivity contribution in [3.8, 4) is 5.75 Å². The molecule has 0 aliphatic carbocycles. The van der Waals surface area contributed by atoms with Crippen LogP contribution in [0.2, 0.25) is 0 Å². The number of rotatable bonds is 5. The number of hydrogen-bond donors (Lipinski definition) is 0. The van der Waals surface area contributed by atoms with Crippen LogP contribution in [0.5, 0.6) is 5.75 Å². The van der Waals surface area contributed by atoms with Gasteiger partial charge in [-0.3, -0.25) is 9.36 Å². The molecule has 5 rings (SSSR count). The minimum Gasteiger partial charge on any atom is -0.496 e. The predicted molar refractivity (Wildman–Crippen MR) is 122 cm³/mol. The van der Waals surface area contributed by atoms with Gasteiger partial charge in [0.1, 0.15) is 22.5 Å². The quantitative estimate of drug-likeness (QED) is 0.434. The molecule has 156 valence electrons. The summed E-state index contributed by atoms with van der Waals surface area (Å²) in [6.45, 7) is 5.02. The van der Waals surface area contributed by atoms with Crippen LogP contribution in [-0.4, -0.2) is 31.2 Å². The summed E-state index contributed by atoms with van der Waals surface area (Å²) in [5.41, 5.74) is 4.29. The van der Waals surface area contributed by atoms with Crippen molar-refractivity contribution >= 4 is 33.2 Å². The lowest BCUT2D eigenvalue weighted by atomic mass is 10.2. The van der Waals surface area contributed by atoms with Crippen LogP contribution < -0.4 is 10.3 Å². The Bertz CT molecular complexity index is 1500. The van der Waals surface area contributed by atoms with Gasteiger partial charge in [-0.1, -0.05) is 37.3 Å². The second kappa shape index (κ2) is 7.50. The molecule has 7 nitrogen and oxygen atoms in total. The molecule has 0 bridgehead atoms. The third-order valence-corrected chi connectivity index (χ3v) is 5.61. The highest BCUT2D eigenvalue weighted by Crippen LogP contribution is 2.28. The van der Waals surface area contributed by atoms with Crippen LogP contribution in [0.15, 0.2) is 53.3 Å². The molecule has 3 heterocycles. The monoisotopic (exact) mass is 413 g/mol. The van der Waals surface area contributed by atoms with E-state index in [0.717, 1.165) is 28.8 Å². The molecule has 0 aliphatic rings. The second-order valence-electron chi connectivity index (χ2n) is 7.60. The molecule has 0 saturated heterocycles. The fourth-order valence-electron chi connectivity index (χ4n) is 4.14. The van der Waals surface area contributed by atoms with Crippen molar-refractivity contribution in [2.45, 2.75) is 33.4 Å². The first-order chi connectivity index (χ1) is 15.1. The molecule has 31 heavy (non-hydrogen) atoms. The molecular formula is C24H23N5O2. The Morgan fingerprint density at radius 2 is 1.61 bits per heavy atom. The van der Waals surface area contributed by atoms with Crippen molar-refractivity contribution < 1.29 is 4.74 Å². The molecule has 7 heteroatoms. The maximum Gasteiger partial charge on any atom is 0.265 e. The summed E-state index contributed by atoms with van der Waals surface area (Å²) in [5, 5.41) is 0.516. The van der Waals surface area contributed by atoms with E-state index in [0.29, 0.717) is 41.1 Å². The number of ether oxygens (including phenoxy) is 1. The summed E-state index contributed by atoms with van der Waals surface area (Å²) in [4.78, 5) is 28.1. The van der Waals surface area contributed by atoms with Gasteiger partial charge in [-0.25, -0.2) is 15.0 Å². The first-order valence-electron chi connectivity index (χ1n) is 10.4. The van der Waals surface area contributed by atoms with Gasteiger partial charge in [0.2, 0.25) is 0 Å². The molecule has 0 radical (unpaired) electrons. The van der Waals surface area contributed by atoms with Gasteiger partial charge < -0.3 is 9.30 Å². The number of nitrogens with zero attached hydrogens (tertiary/aromatic N) is 5. The van der Waals surface area contributed by atoms with E-state index in [-0.39, 0.29) is 5.56 Å². The zero-order chi connectivity index (χ0) is 21.5. The summed E-state index contributed by atoms with van der Waals surface area (Å²) in [7, 11) is 1.66. The number of methoxy groups -OCH3 is 1. The lowest BCUT2D eigenvalue weighted by Gasteiger charge is -2.12. The average Bonchev–Trinajstić information content (AvgIpc) is 3.07. The van der Waals surface area contributed by atoms with Crippen LogP contribution >= 0.6 is 0 Å². The standard InChI is InChI=1S/C24H23N5O2/c1-4-13-28-15(2)25-22-20(24(28)30)21-23(27-18-11-7-6-10-17(18)26-21)29(22)14-16-9-5-8-12-19(16)31-3/h5-12H,4,13-14H2,1-3H3. The summed E-state index contributed by atoms with van der Waals surface area (Å²) >= 11 is 0. The summed E-state index contributed by atoms with van der Waals surface area (Å²) in [6.07, 6.45) is 0.850. The van der Waals surface area contributed by atoms with E-state index in [1.54, 1.807) is 11.7 Å². The van der Waals surface area contributed by atoms with Crippen LogP contribution in [-0.2, 0) is 13.1 Å². The summed E-state index contributed by atoms with van der Waals surface area (Å²) in [5.74, 6) is 1.47. The van der Waals surface area contributed by atoms with Crippen molar-refractivity contribution in [1.82, 2.24) is 24.1 Å². The third-order valence-electron chi connectivity index (χ3n) is 5.61. The van der Waals surface area contributed by atoms with Gasteiger partial charge in [0.15, 0.2) is 11.3 Å². The van der Waals surface area contributed by atoms with Gasteiger partial charge in [-0.2, -0.15) is 0 Å². The van der Waals surface area contributed by atoms with Gasteiger partial charge in [0, 0.05) is 12.1 Å². The average molecular weight is 413 g/mol. The molecule has 3 aromatic heterocycles. The molecule has 0 saturated carbocycles. The lowest BCUT2D eigenvalue weighted by Crippen LogP contribution is -2.24. The van der Waals surface area contributed by atoms with Crippen molar-refractivity contribution in [2.75, 3.05) is 7.11 Å². The van der Waals surface area contributed by atoms with E-state index in [9.17, 15) is 4.79 Å². The van der Waals surface area contributed by atoms with Crippen LogP contribution in [0, 0.1) is 6.92 Å². The van der Waals surface area contributed by atoms with E-state index in [1.807, 2.05) is 66.9 Å². The molecule has 0 atom stereocenters. The summed E-state index contributed by atoms with van der Waals surface area (Å²) in [6, 6.07) is 15.6. The predicted octanol–water partition coefficient (Wildman–Crippen LogP) is 4.07. The molecule has 0 N–H and O–H groups in total. The maximum atomic E-state index is 13.5. The van der Waals surface area contributed by atoms with Crippen LogP contribution in [0.3, 0.4) is 0 Å². The highest BCUT2D eigenvalue weighted by molar-refractivity contribution is 6.04. The van der Waals surface area contributed by atoms with Crippen molar-refractivity contribution in [1.29, 1.82) is 0 Å². The van der Waals surface area contributed by atoms with Gasteiger partial charge in [0.25, 0.3) is 5.56 Å². The first-order valence-corrected chi connectivity index (χ1v) is 10.4. The van der Waals surface area contributed by atoms with Gasteiger partial charge in [-0.15, -0.1) is 0 Å². The van der Waals surface area contributed by atoms with E-state index in [4.69, 9.17) is 19.7 Å². The minimum atomic E-state index is -0.0716. The molecule has 0 unspecified atom stereocenters. The minimum absolute atomic E-state index is 0.0716. The largest absolute Gasteiger partial charge is 0.496 e. The van der Waals surface area contributed by atoms with Gasteiger partial charge in [-0.05, 0) is 31.5 Å². The molecule has 0 spiro atoms. The second-order valence-corrected chi connectivity index (χ2v) is 7.60. The van der Waals surface area contributed by atoms with Gasteiger partial charge >= 0.3 is 0 Å². The Labute approximate surface area is 179 Å². The Morgan fingerprint density at radius 1 is 0.903 bits per heavy atom. The number of benzene rings is 2. The fraction of sp³-hybridized carbons (Fsp3) is 0.250. The highest BCUT2D eigenvalue weighted by Gasteiger charge is 2.21. The van der Waals surface area contributed by atoms with E-state index < -0.39 is 0 Å². The third kappa shape index (κ3) is 3.04. The number of fused-ring (bicyclic) bond motifs is 4. The molecule has 5 aromatic rings. The lowest BCUT2D eigenvalue weighted by molar-refractivity contribution is 0.409. The maximum absolute atomic E-state index is 13.5. The number of aromatic nitrogens is 5. The van der Waals surface area contributed by atoms with Crippen molar-refractivity contribution in [3.05, 3.63) is 70.3 Å². The highest BCUT2D eigenvalue weighted by atomic mass is 16.5. The van der Waals surface area contributed by atoms with Crippen LogP contribution in [0.25, 0.3) is 33.2 Å². The van der Waals surface area contributed by atoms with E-state index in [2.05, 4.69) is 0 Å². The molecule has 0 amide bonds. The SMILES string of the molecule is CCCn1c(C)nc2c(c1=O)c1nc3ccccc3nc1n2Cc1ccccc1OC. The normalized spacial score (nSPS) is 11.6.